The van der Waals surface area contributed by atoms with Gasteiger partial charge in [-0.25, -0.2) is 14.8 Å². The maximum absolute atomic E-state index is 11.9. The number of hydrogen-bond donors (Lipinski definition) is 1. The van der Waals surface area contributed by atoms with E-state index in [0.717, 1.165) is 16.2 Å². The number of carbonyl (C=O) groups excluding carboxylic acids is 2. The summed E-state index contributed by atoms with van der Waals surface area (Å²) in [7, 11) is 0. The molecule has 1 N–H and O–H groups in total. The molecule has 0 saturated carbocycles. The molecule has 0 aliphatic heterocycles. The molecule has 2 rings (SSSR count). The Morgan fingerprint density at radius 3 is 2.89 bits per heavy atom. The smallest absolute Gasteiger partial charge is 0.367 e. The van der Waals surface area contributed by atoms with Crippen molar-refractivity contribution in [2.75, 3.05) is 11.9 Å². The molecule has 0 atom stereocenters. The lowest BCUT2D eigenvalue weighted by Crippen LogP contribution is -2.13. The molecule has 0 aliphatic carbocycles. The van der Waals surface area contributed by atoms with Gasteiger partial charge in [0.1, 0.15) is 5.69 Å². The molecule has 1 amide bonds. The van der Waals surface area contributed by atoms with E-state index in [-0.39, 0.29) is 23.2 Å². The van der Waals surface area contributed by atoms with Crippen LogP contribution in [-0.2, 0) is 4.74 Å². The molecule has 0 fully saturated rings. The molecule has 0 aromatic carbocycles. The van der Waals surface area contributed by atoms with Gasteiger partial charge in [0.05, 0.1) is 6.61 Å². The van der Waals surface area contributed by atoms with E-state index < -0.39 is 5.97 Å². The highest BCUT2D eigenvalue weighted by Gasteiger charge is 2.17. The molecule has 0 saturated heterocycles. The minimum Gasteiger partial charge on any atom is -0.461 e. The van der Waals surface area contributed by atoms with Gasteiger partial charge in [-0.2, -0.15) is 0 Å². The summed E-state index contributed by atoms with van der Waals surface area (Å²) >= 11 is 2.45. The van der Waals surface area contributed by atoms with Crippen LogP contribution in [-0.4, -0.2) is 28.5 Å². The number of thiazole rings is 2. The molecule has 100 valence electrons. The number of amides is 1. The predicted molar refractivity (Wildman–Crippen MR) is 72.9 cm³/mol. The summed E-state index contributed by atoms with van der Waals surface area (Å²) in [6, 6.07) is 0. The van der Waals surface area contributed by atoms with Gasteiger partial charge in [0.15, 0.2) is 5.13 Å². The fraction of sp³-hybridized carbons (Fsp3) is 0.273. The number of aryl methyl sites for hydroxylation is 1. The van der Waals surface area contributed by atoms with Gasteiger partial charge in [-0.15, -0.1) is 22.7 Å². The molecule has 2 aromatic rings. The maximum Gasteiger partial charge on any atom is 0.367 e. The van der Waals surface area contributed by atoms with Crippen LogP contribution in [0.1, 0.15) is 32.1 Å². The van der Waals surface area contributed by atoms with Gasteiger partial charge in [0.25, 0.3) is 5.91 Å². The molecule has 0 radical (unpaired) electrons. The van der Waals surface area contributed by atoms with Crippen molar-refractivity contribution in [2.45, 2.75) is 13.8 Å². The van der Waals surface area contributed by atoms with Crippen LogP contribution in [0.2, 0.25) is 0 Å². The molecule has 19 heavy (non-hydrogen) atoms. The molecule has 6 nitrogen and oxygen atoms in total. The highest BCUT2D eigenvalue weighted by atomic mass is 32.1. The summed E-state index contributed by atoms with van der Waals surface area (Å²) in [5, 5.41) is 4.82. The van der Waals surface area contributed by atoms with Crippen molar-refractivity contribution in [1.29, 1.82) is 0 Å². The molecular formula is C11H11N3O3S2. The third-order valence-corrected chi connectivity index (χ3v) is 3.68. The molecule has 0 unspecified atom stereocenters. The standard InChI is InChI=1S/C11H11N3O3S2/c1-3-17-10(16)9-13-7(5-18-9)8(15)14-11-12-4-6(2)19-11/h4-5H,3H2,1-2H3,(H,12,14,15). The van der Waals surface area contributed by atoms with Crippen molar-refractivity contribution < 1.29 is 14.3 Å². The van der Waals surface area contributed by atoms with E-state index in [1.165, 1.54) is 16.7 Å². The predicted octanol–water partition coefficient (Wildman–Crippen LogP) is 2.34. The number of carbonyl (C=O) groups is 2. The first-order chi connectivity index (χ1) is 9.10. The summed E-state index contributed by atoms with van der Waals surface area (Å²) < 4.78 is 4.81. The molecule has 8 heteroatoms. The van der Waals surface area contributed by atoms with Crippen LogP contribution in [0, 0.1) is 6.92 Å². The Morgan fingerprint density at radius 1 is 1.47 bits per heavy atom. The van der Waals surface area contributed by atoms with Gasteiger partial charge in [-0.1, -0.05) is 0 Å². The Hall–Kier alpha value is -1.80. The van der Waals surface area contributed by atoms with Crippen LogP contribution in [0.4, 0.5) is 5.13 Å². The topological polar surface area (TPSA) is 81.2 Å². The van der Waals surface area contributed by atoms with E-state index in [4.69, 9.17) is 4.74 Å². The Labute approximate surface area is 117 Å². The number of nitrogens with one attached hydrogen (secondary N) is 1. The molecule has 0 spiro atoms. The van der Waals surface area contributed by atoms with Crippen molar-refractivity contribution in [3.63, 3.8) is 0 Å². The highest BCUT2D eigenvalue weighted by molar-refractivity contribution is 7.15. The van der Waals surface area contributed by atoms with Gasteiger partial charge in [0.2, 0.25) is 5.01 Å². The monoisotopic (exact) mass is 297 g/mol. The zero-order chi connectivity index (χ0) is 13.8. The van der Waals surface area contributed by atoms with Crippen LogP contribution >= 0.6 is 22.7 Å². The lowest BCUT2D eigenvalue weighted by atomic mass is 10.4. The first-order valence-corrected chi connectivity index (χ1v) is 7.16. The largest absolute Gasteiger partial charge is 0.461 e. The van der Waals surface area contributed by atoms with Gasteiger partial charge in [-0.3, -0.25) is 10.1 Å². The number of nitrogens with zero attached hydrogens (tertiary/aromatic N) is 2. The van der Waals surface area contributed by atoms with E-state index in [0.29, 0.717) is 5.13 Å². The van der Waals surface area contributed by atoms with Crippen molar-refractivity contribution >= 4 is 39.7 Å². The van der Waals surface area contributed by atoms with Crippen LogP contribution < -0.4 is 5.32 Å². The van der Waals surface area contributed by atoms with E-state index >= 15 is 0 Å². The lowest BCUT2D eigenvalue weighted by molar-refractivity contribution is 0.0526. The van der Waals surface area contributed by atoms with Crippen LogP contribution in [0.25, 0.3) is 0 Å². The van der Waals surface area contributed by atoms with E-state index in [9.17, 15) is 9.59 Å². The number of aromatic nitrogens is 2. The first-order valence-electron chi connectivity index (χ1n) is 5.46. The summed E-state index contributed by atoms with van der Waals surface area (Å²) in [5.74, 6) is -0.905. The van der Waals surface area contributed by atoms with Crippen LogP contribution in [0.5, 0.6) is 0 Å². The molecule has 2 heterocycles. The SMILES string of the molecule is CCOC(=O)c1nc(C(=O)Nc2ncc(C)s2)cs1. The fourth-order valence-electron chi connectivity index (χ4n) is 1.24. The van der Waals surface area contributed by atoms with E-state index in [1.54, 1.807) is 13.1 Å². The maximum atomic E-state index is 11.9. The Bertz CT molecular complexity index is 606. The highest BCUT2D eigenvalue weighted by Crippen LogP contribution is 2.18. The van der Waals surface area contributed by atoms with Gasteiger partial charge in [-0.05, 0) is 13.8 Å². The van der Waals surface area contributed by atoms with Crippen LogP contribution in [0.15, 0.2) is 11.6 Å². The van der Waals surface area contributed by atoms with E-state index in [2.05, 4.69) is 15.3 Å². The first kappa shape index (κ1) is 13.6. The minimum atomic E-state index is -0.517. The van der Waals surface area contributed by atoms with Crippen molar-refractivity contribution in [2.24, 2.45) is 0 Å². The van der Waals surface area contributed by atoms with E-state index in [1.807, 2.05) is 6.92 Å². The summed E-state index contributed by atoms with van der Waals surface area (Å²) in [5.41, 5.74) is 0.181. The van der Waals surface area contributed by atoms with Gasteiger partial charge in [0, 0.05) is 16.5 Å². The average Bonchev–Trinajstić information content (AvgIpc) is 2.98. The van der Waals surface area contributed by atoms with Gasteiger partial charge < -0.3 is 4.74 Å². The lowest BCUT2D eigenvalue weighted by Gasteiger charge is -1.97. The molecule has 0 bridgehead atoms. The third-order valence-electron chi connectivity index (χ3n) is 2.03. The number of anilines is 1. The summed E-state index contributed by atoms with van der Waals surface area (Å²) in [6.45, 7) is 3.89. The summed E-state index contributed by atoms with van der Waals surface area (Å²) in [4.78, 5) is 32.3. The third kappa shape index (κ3) is 3.36. The van der Waals surface area contributed by atoms with Crippen LogP contribution in [0.3, 0.4) is 0 Å². The zero-order valence-corrected chi connectivity index (χ0v) is 11.9. The summed E-state index contributed by atoms with van der Waals surface area (Å²) in [6.07, 6.45) is 1.67. The number of hydrogen-bond acceptors (Lipinski definition) is 7. The second-order valence-electron chi connectivity index (χ2n) is 3.49. The van der Waals surface area contributed by atoms with Gasteiger partial charge >= 0.3 is 5.97 Å². The Morgan fingerprint density at radius 2 is 2.26 bits per heavy atom. The van der Waals surface area contributed by atoms with Crippen molar-refractivity contribution in [3.8, 4) is 0 Å². The quantitative estimate of drug-likeness (QED) is 0.876. The van der Waals surface area contributed by atoms with Crippen molar-refractivity contribution in [3.05, 3.63) is 27.2 Å². The number of rotatable bonds is 4. The Kier molecular flexibility index (Phi) is 4.23. The number of ether oxygens (including phenoxy) is 1. The zero-order valence-electron chi connectivity index (χ0n) is 10.3. The average molecular weight is 297 g/mol. The second kappa shape index (κ2) is 5.89. The fourth-order valence-corrected chi connectivity index (χ4v) is 2.59. The number of esters is 1. The molecule has 2 aromatic heterocycles. The van der Waals surface area contributed by atoms with Crippen molar-refractivity contribution in [1.82, 2.24) is 9.97 Å². The molecular weight excluding hydrogens is 286 g/mol. The minimum absolute atomic E-state index is 0.169. The molecule has 0 aliphatic rings. The second-order valence-corrected chi connectivity index (χ2v) is 5.58. The normalized spacial score (nSPS) is 10.2. The Balaban J connectivity index is 2.06.